The van der Waals surface area contributed by atoms with Gasteiger partial charge in [0.2, 0.25) is 5.91 Å². The Morgan fingerprint density at radius 3 is 2.79 bits per heavy atom. The van der Waals surface area contributed by atoms with E-state index >= 15 is 0 Å². The Balaban J connectivity index is 3.53. The first-order valence-electron chi connectivity index (χ1n) is 4.48. The molecule has 2 N–H and O–H groups in total. The minimum atomic E-state index is -0.885. The Morgan fingerprint density at radius 2 is 2.29 bits per heavy atom. The second-order valence-electron chi connectivity index (χ2n) is 3.03. The zero-order valence-corrected chi connectivity index (χ0v) is 9.52. The molecule has 0 saturated heterocycles. The highest BCUT2D eigenvalue weighted by molar-refractivity contribution is 7.84. The molecule has 0 rings (SSSR count). The topological polar surface area (TPSA) is 58.2 Å². The first-order valence-corrected chi connectivity index (χ1v) is 6.10. The van der Waals surface area contributed by atoms with Gasteiger partial charge in [-0.15, -0.1) is 6.58 Å². The van der Waals surface area contributed by atoms with Crippen LogP contribution in [0.4, 0.5) is 0 Å². The first kappa shape index (κ1) is 13.3. The summed E-state index contributed by atoms with van der Waals surface area (Å²) in [5, 5.41) is 5.57. The average Bonchev–Trinajstić information content (AvgIpc) is 2.14. The molecule has 14 heavy (non-hydrogen) atoms. The van der Waals surface area contributed by atoms with Gasteiger partial charge >= 0.3 is 0 Å². The van der Waals surface area contributed by atoms with Gasteiger partial charge in [0.1, 0.15) is 0 Å². The highest BCUT2D eigenvalue weighted by atomic mass is 32.2. The molecule has 5 heteroatoms. The third-order valence-corrected chi connectivity index (χ3v) is 3.03. The Hall–Kier alpha value is -0.680. The smallest absolute Gasteiger partial charge is 0.234 e. The van der Waals surface area contributed by atoms with Crippen LogP contribution in [0.5, 0.6) is 0 Å². The zero-order valence-electron chi connectivity index (χ0n) is 8.71. The van der Waals surface area contributed by atoms with Crippen LogP contribution < -0.4 is 10.6 Å². The molecule has 0 bridgehead atoms. The number of carbonyl (C=O) groups excluding carboxylic acids is 1. The van der Waals surface area contributed by atoms with E-state index < -0.39 is 10.8 Å². The number of rotatable bonds is 7. The minimum Gasteiger partial charge on any atom is -0.354 e. The third kappa shape index (κ3) is 6.80. The molecule has 0 aromatic carbocycles. The first-order chi connectivity index (χ1) is 6.57. The van der Waals surface area contributed by atoms with E-state index in [9.17, 15) is 9.00 Å². The Kier molecular flexibility index (Phi) is 7.32. The molecule has 4 nitrogen and oxygen atoms in total. The molecule has 0 aromatic rings. The molecule has 82 valence electrons. The summed E-state index contributed by atoms with van der Waals surface area (Å²) in [5.74, 6) is -0.0795. The van der Waals surface area contributed by atoms with Crippen molar-refractivity contribution < 1.29 is 9.00 Å². The summed E-state index contributed by atoms with van der Waals surface area (Å²) in [6.07, 6.45) is 3.32. The van der Waals surface area contributed by atoms with Crippen LogP contribution in [0, 0.1) is 0 Å². The fourth-order valence-corrected chi connectivity index (χ4v) is 1.04. The summed E-state index contributed by atoms with van der Waals surface area (Å²) >= 11 is 0. The molecular formula is C9H18N2O2S. The van der Waals surface area contributed by atoms with E-state index in [1.54, 1.807) is 12.3 Å². The average molecular weight is 218 g/mol. The summed E-state index contributed by atoms with van der Waals surface area (Å²) in [7, 11) is -0.885. The maximum atomic E-state index is 11.1. The van der Waals surface area contributed by atoms with Gasteiger partial charge in [-0.2, -0.15) is 0 Å². The quantitative estimate of drug-likeness (QED) is 0.453. The molecule has 0 aliphatic rings. The molecule has 0 aliphatic carbocycles. The molecule has 0 radical (unpaired) electrons. The van der Waals surface area contributed by atoms with E-state index in [0.29, 0.717) is 13.1 Å². The molecule has 0 heterocycles. The lowest BCUT2D eigenvalue weighted by atomic mass is 10.4. The predicted octanol–water partition coefficient (Wildman–Crippen LogP) is -0.355. The van der Waals surface area contributed by atoms with Crippen molar-refractivity contribution in [3.63, 3.8) is 0 Å². The predicted molar refractivity (Wildman–Crippen MR) is 59.6 cm³/mol. The van der Waals surface area contributed by atoms with Gasteiger partial charge in [-0.25, -0.2) is 0 Å². The van der Waals surface area contributed by atoms with Crippen LogP contribution in [0.1, 0.15) is 6.92 Å². The minimum absolute atomic E-state index is 0.00152. The molecule has 2 unspecified atom stereocenters. The van der Waals surface area contributed by atoms with Crippen molar-refractivity contribution >= 4 is 16.7 Å². The van der Waals surface area contributed by atoms with Crippen molar-refractivity contribution in [2.45, 2.75) is 12.2 Å². The molecule has 0 saturated carbocycles. The number of nitrogens with one attached hydrogen (secondary N) is 2. The molecule has 2 atom stereocenters. The standard InChI is InChI=1S/C9H18N2O2S/c1-4-5-10-7-9(12)11-6-8(2)14(3)13/h4,8,10H,1,5-7H2,2-3H3,(H,11,12). The van der Waals surface area contributed by atoms with Crippen LogP contribution >= 0.6 is 0 Å². The fraction of sp³-hybridized carbons (Fsp3) is 0.667. The highest BCUT2D eigenvalue weighted by Crippen LogP contribution is 1.88. The lowest BCUT2D eigenvalue weighted by Crippen LogP contribution is -2.38. The van der Waals surface area contributed by atoms with Crippen molar-refractivity contribution in [2.24, 2.45) is 0 Å². The molecular weight excluding hydrogens is 200 g/mol. The largest absolute Gasteiger partial charge is 0.354 e. The van der Waals surface area contributed by atoms with E-state index in [1.165, 1.54) is 0 Å². The Labute approximate surface area is 87.6 Å². The normalized spacial score (nSPS) is 14.4. The van der Waals surface area contributed by atoms with E-state index in [2.05, 4.69) is 17.2 Å². The lowest BCUT2D eigenvalue weighted by Gasteiger charge is -2.09. The second kappa shape index (κ2) is 7.70. The highest BCUT2D eigenvalue weighted by Gasteiger charge is 2.07. The molecule has 0 spiro atoms. The van der Waals surface area contributed by atoms with E-state index in [4.69, 9.17) is 0 Å². The summed E-state index contributed by atoms with van der Waals surface area (Å²) in [5.41, 5.74) is 0. The van der Waals surface area contributed by atoms with Crippen molar-refractivity contribution in [2.75, 3.05) is 25.9 Å². The zero-order chi connectivity index (χ0) is 11.0. The number of hydrogen-bond donors (Lipinski definition) is 2. The Bertz CT molecular complexity index is 219. The summed E-state index contributed by atoms with van der Waals surface area (Å²) in [4.78, 5) is 11.1. The van der Waals surface area contributed by atoms with Crippen LogP contribution in [0.15, 0.2) is 12.7 Å². The van der Waals surface area contributed by atoms with Crippen LogP contribution in [-0.2, 0) is 15.6 Å². The maximum absolute atomic E-state index is 11.1. The monoisotopic (exact) mass is 218 g/mol. The van der Waals surface area contributed by atoms with Gasteiger partial charge in [-0.3, -0.25) is 9.00 Å². The number of carbonyl (C=O) groups is 1. The maximum Gasteiger partial charge on any atom is 0.234 e. The molecule has 1 amide bonds. The lowest BCUT2D eigenvalue weighted by molar-refractivity contribution is -0.120. The van der Waals surface area contributed by atoms with E-state index in [-0.39, 0.29) is 17.7 Å². The van der Waals surface area contributed by atoms with Crippen molar-refractivity contribution in [1.82, 2.24) is 10.6 Å². The van der Waals surface area contributed by atoms with E-state index in [1.807, 2.05) is 6.92 Å². The number of hydrogen-bond acceptors (Lipinski definition) is 3. The molecule has 0 aliphatic heterocycles. The fourth-order valence-electron chi connectivity index (χ4n) is 0.725. The summed E-state index contributed by atoms with van der Waals surface area (Å²) < 4.78 is 10.9. The summed E-state index contributed by atoms with van der Waals surface area (Å²) in [6.45, 7) is 6.70. The number of amides is 1. The van der Waals surface area contributed by atoms with Crippen LogP contribution in [0.3, 0.4) is 0 Å². The van der Waals surface area contributed by atoms with Crippen LogP contribution in [0.25, 0.3) is 0 Å². The van der Waals surface area contributed by atoms with Gasteiger partial charge in [0.15, 0.2) is 0 Å². The summed E-state index contributed by atoms with van der Waals surface area (Å²) in [6, 6.07) is 0. The Morgan fingerprint density at radius 1 is 1.64 bits per heavy atom. The van der Waals surface area contributed by atoms with Crippen molar-refractivity contribution in [1.29, 1.82) is 0 Å². The molecule has 0 fully saturated rings. The van der Waals surface area contributed by atoms with Gasteiger partial charge in [0.05, 0.1) is 6.54 Å². The third-order valence-electron chi connectivity index (χ3n) is 1.73. The van der Waals surface area contributed by atoms with Gasteiger partial charge in [-0.1, -0.05) is 6.08 Å². The van der Waals surface area contributed by atoms with Gasteiger partial charge in [-0.05, 0) is 6.92 Å². The SMILES string of the molecule is C=CCNCC(=O)NCC(C)S(C)=O. The van der Waals surface area contributed by atoms with Gasteiger partial charge in [0, 0.05) is 35.4 Å². The van der Waals surface area contributed by atoms with Crippen LogP contribution in [0.2, 0.25) is 0 Å². The van der Waals surface area contributed by atoms with Gasteiger partial charge in [0.25, 0.3) is 0 Å². The van der Waals surface area contributed by atoms with Crippen molar-refractivity contribution in [3.8, 4) is 0 Å². The second-order valence-corrected chi connectivity index (χ2v) is 4.83. The van der Waals surface area contributed by atoms with Gasteiger partial charge < -0.3 is 10.6 Å². The van der Waals surface area contributed by atoms with E-state index in [0.717, 1.165) is 0 Å². The van der Waals surface area contributed by atoms with Crippen molar-refractivity contribution in [3.05, 3.63) is 12.7 Å². The molecule has 0 aromatic heterocycles. The van der Waals surface area contributed by atoms with Crippen LogP contribution in [-0.4, -0.2) is 41.3 Å².